The highest BCUT2D eigenvalue weighted by Gasteiger charge is 2.18. The molecule has 11 rings (SSSR count). The topological polar surface area (TPSA) is 35.4 Å². The van der Waals surface area contributed by atoms with Gasteiger partial charge in [0.05, 0.1) is 22.4 Å². The van der Waals surface area contributed by atoms with E-state index < -0.39 is 0 Å². The molecule has 4 nitrogen and oxygen atoms in total. The van der Waals surface area contributed by atoms with Crippen LogP contribution in [0.25, 0.3) is 99.8 Å². The van der Waals surface area contributed by atoms with Crippen LogP contribution in [0.4, 0.5) is 0 Å². The van der Waals surface area contributed by atoms with Crippen LogP contribution >= 0.6 is 0 Å². The number of nitrogens with zero attached hydrogens (tertiary/aromatic N) is 3. The zero-order valence-corrected chi connectivity index (χ0v) is 28.6. The Morgan fingerprint density at radius 2 is 1.09 bits per heavy atom. The number of aromatic nitrogens is 3. The third-order valence-electron chi connectivity index (χ3n) is 10.6. The Morgan fingerprint density at radius 1 is 0.434 bits per heavy atom. The average Bonchev–Trinajstić information content (AvgIpc) is 3.91. The van der Waals surface area contributed by atoms with Crippen LogP contribution in [-0.2, 0) is 0 Å². The minimum atomic E-state index is 0.881. The van der Waals surface area contributed by atoms with Gasteiger partial charge in [-0.2, -0.15) is 0 Å². The molecule has 0 bridgehead atoms. The molecule has 0 aliphatic carbocycles. The van der Waals surface area contributed by atoms with Crippen molar-refractivity contribution in [3.63, 3.8) is 0 Å². The summed E-state index contributed by atoms with van der Waals surface area (Å²) in [5.41, 5.74) is 15.0. The Hall–Kier alpha value is -7.17. The lowest BCUT2D eigenvalue weighted by Gasteiger charge is -2.08. The number of benzene rings is 7. The number of pyridine rings is 1. The number of para-hydroxylation sites is 3. The van der Waals surface area contributed by atoms with E-state index in [0.717, 1.165) is 72.5 Å². The molecule has 11 aromatic rings. The van der Waals surface area contributed by atoms with Crippen LogP contribution in [0.1, 0.15) is 0 Å². The van der Waals surface area contributed by atoms with Crippen LogP contribution in [0.5, 0.6) is 0 Å². The van der Waals surface area contributed by atoms with Crippen molar-refractivity contribution in [3.8, 4) is 50.5 Å². The molecule has 4 heterocycles. The molecule has 0 radical (unpaired) electrons. The van der Waals surface area contributed by atoms with Crippen molar-refractivity contribution in [2.24, 2.45) is 0 Å². The maximum atomic E-state index is 6.62. The molecule has 0 unspecified atom stereocenters. The maximum Gasteiger partial charge on any atom is 0.143 e. The van der Waals surface area contributed by atoms with Crippen molar-refractivity contribution in [3.05, 3.63) is 188 Å². The van der Waals surface area contributed by atoms with Crippen LogP contribution in [0.2, 0.25) is 0 Å². The number of rotatable bonds is 5. The standard InChI is InChI=1S/C49H31N3O/c1-3-12-34(13-4-1)48-47(50-46-20-9-10-29-51(46)48)33-23-21-32(22-24-33)38-17-11-18-40-42-31-36(26-28-45(42)53-49(38)40)35-25-27-44-41(30-35)39-16-7-8-19-43(39)52(44)37-14-5-2-6-15-37/h1-31H. The molecule has 0 spiro atoms. The Morgan fingerprint density at radius 3 is 1.94 bits per heavy atom. The second kappa shape index (κ2) is 11.7. The molecule has 0 amide bonds. The van der Waals surface area contributed by atoms with Gasteiger partial charge in [-0.1, -0.05) is 127 Å². The van der Waals surface area contributed by atoms with Crippen molar-refractivity contribution < 1.29 is 4.42 Å². The predicted molar refractivity (Wildman–Crippen MR) is 219 cm³/mol. The summed E-state index contributed by atoms with van der Waals surface area (Å²) < 4.78 is 11.1. The quantitative estimate of drug-likeness (QED) is 0.182. The van der Waals surface area contributed by atoms with Crippen molar-refractivity contribution in [2.45, 2.75) is 0 Å². The van der Waals surface area contributed by atoms with E-state index in [9.17, 15) is 0 Å². The Kier molecular flexibility index (Phi) is 6.52. The van der Waals surface area contributed by atoms with Gasteiger partial charge in [-0.25, -0.2) is 4.98 Å². The summed E-state index contributed by atoms with van der Waals surface area (Å²) in [4.78, 5) is 5.06. The number of fused-ring (bicyclic) bond motifs is 7. The Balaban J connectivity index is 0.993. The van der Waals surface area contributed by atoms with Gasteiger partial charge < -0.3 is 8.98 Å². The van der Waals surface area contributed by atoms with Crippen LogP contribution in [0, 0.1) is 0 Å². The SMILES string of the molecule is c1ccc(-c2c(-c3ccc(-c4cccc5c4oc4ccc(-c6ccc7c(c6)c6ccccc6n7-c6ccccc6)cc45)cc3)nc3ccccn23)cc1. The van der Waals surface area contributed by atoms with E-state index in [-0.39, 0.29) is 0 Å². The van der Waals surface area contributed by atoms with Crippen LogP contribution in [-0.4, -0.2) is 14.0 Å². The first-order valence-corrected chi connectivity index (χ1v) is 18.0. The summed E-state index contributed by atoms with van der Waals surface area (Å²) in [6.07, 6.45) is 2.08. The smallest absolute Gasteiger partial charge is 0.143 e. The monoisotopic (exact) mass is 677 g/mol. The van der Waals surface area contributed by atoms with E-state index >= 15 is 0 Å². The summed E-state index contributed by atoms with van der Waals surface area (Å²) >= 11 is 0. The lowest BCUT2D eigenvalue weighted by molar-refractivity contribution is 0.670. The van der Waals surface area contributed by atoms with Gasteiger partial charge in [0.2, 0.25) is 0 Å². The fraction of sp³-hybridized carbons (Fsp3) is 0. The van der Waals surface area contributed by atoms with E-state index in [1.54, 1.807) is 0 Å². The fourth-order valence-electron chi connectivity index (χ4n) is 8.09. The summed E-state index contributed by atoms with van der Waals surface area (Å²) in [6, 6.07) is 64.5. The van der Waals surface area contributed by atoms with Gasteiger partial charge in [0, 0.05) is 50.1 Å². The highest BCUT2D eigenvalue weighted by atomic mass is 16.3. The molecular formula is C49H31N3O. The lowest BCUT2D eigenvalue weighted by Crippen LogP contribution is -1.92. The predicted octanol–water partition coefficient (Wildman–Crippen LogP) is 13.0. The highest BCUT2D eigenvalue weighted by molar-refractivity contribution is 6.12. The molecule has 0 N–H and O–H groups in total. The van der Waals surface area contributed by atoms with Gasteiger partial charge in [0.25, 0.3) is 0 Å². The third kappa shape index (κ3) is 4.66. The molecule has 0 fully saturated rings. The molecular weight excluding hydrogens is 647 g/mol. The minimum absolute atomic E-state index is 0.881. The van der Waals surface area contributed by atoms with Gasteiger partial charge in [-0.05, 0) is 71.3 Å². The highest BCUT2D eigenvalue weighted by Crippen LogP contribution is 2.40. The van der Waals surface area contributed by atoms with Gasteiger partial charge in [0.15, 0.2) is 0 Å². The van der Waals surface area contributed by atoms with Crippen molar-refractivity contribution in [1.29, 1.82) is 0 Å². The van der Waals surface area contributed by atoms with Crippen molar-refractivity contribution >= 4 is 49.4 Å². The molecule has 53 heavy (non-hydrogen) atoms. The number of imidazole rings is 1. The average molecular weight is 678 g/mol. The maximum absolute atomic E-state index is 6.62. The Labute approximate surface area is 305 Å². The second-order valence-corrected chi connectivity index (χ2v) is 13.6. The van der Waals surface area contributed by atoms with Crippen LogP contribution in [0.3, 0.4) is 0 Å². The number of hydrogen-bond donors (Lipinski definition) is 0. The fourth-order valence-corrected chi connectivity index (χ4v) is 8.09. The largest absolute Gasteiger partial charge is 0.455 e. The summed E-state index contributed by atoms with van der Waals surface area (Å²) in [5.74, 6) is 0. The molecule has 0 saturated heterocycles. The van der Waals surface area contributed by atoms with Gasteiger partial charge in [-0.15, -0.1) is 0 Å². The third-order valence-corrected chi connectivity index (χ3v) is 10.6. The molecule has 7 aromatic carbocycles. The molecule has 248 valence electrons. The summed E-state index contributed by atoms with van der Waals surface area (Å²) in [6.45, 7) is 0. The van der Waals surface area contributed by atoms with Gasteiger partial charge in [0.1, 0.15) is 16.8 Å². The molecule has 0 aliphatic heterocycles. The van der Waals surface area contributed by atoms with E-state index in [0.29, 0.717) is 0 Å². The molecule has 4 heteroatoms. The molecule has 0 saturated carbocycles. The molecule has 0 aliphatic rings. The number of furan rings is 1. The zero-order valence-electron chi connectivity index (χ0n) is 28.6. The van der Waals surface area contributed by atoms with E-state index in [4.69, 9.17) is 9.40 Å². The summed E-state index contributed by atoms with van der Waals surface area (Å²) in [7, 11) is 0. The lowest BCUT2D eigenvalue weighted by atomic mass is 9.98. The minimum Gasteiger partial charge on any atom is -0.455 e. The first-order chi connectivity index (χ1) is 26.3. The van der Waals surface area contributed by atoms with Crippen molar-refractivity contribution in [1.82, 2.24) is 14.0 Å². The molecule has 4 aromatic heterocycles. The van der Waals surface area contributed by atoms with E-state index in [1.807, 2.05) is 12.1 Å². The van der Waals surface area contributed by atoms with Gasteiger partial charge >= 0.3 is 0 Å². The van der Waals surface area contributed by atoms with E-state index in [2.05, 4.69) is 185 Å². The first kappa shape index (κ1) is 29.5. The van der Waals surface area contributed by atoms with Gasteiger partial charge in [-0.3, -0.25) is 4.40 Å². The normalized spacial score (nSPS) is 11.8. The summed E-state index contributed by atoms with van der Waals surface area (Å²) in [5, 5.41) is 4.71. The number of hydrogen-bond acceptors (Lipinski definition) is 2. The van der Waals surface area contributed by atoms with Crippen molar-refractivity contribution in [2.75, 3.05) is 0 Å². The molecule has 0 atom stereocenters. The second-order valence-electron chi connectivity index (χ2n) is 13.6. The zero-order chi connectivity index (χ0) is 34.9. The first-order valence-electron chi connectivity index (χ1n) is 18.0. The van der Waals surface area contributed by atoms with E-state index in [1.165, 1.54) is 27.4 Å². The van der Waals surface area contributed by atoms with Crippen LogP contribution < -0.4 is 0 Å². The Bertz CT molecular complexity index is 3150. The van der Waals surface area contributed by atoms with Crippen LogP contribution in [0.15, 0.2) is 193 Å².